The van der Waals surface area contributed by atoms with Gasteiger partial charge >= 0.3 is 0 Å². The molecule has 1 aromatic heterocycles. The summed E-state index contributed by atoms with van der Waals surface area (Å²) < 4.78 is 0.799. The summed E-state index contributed by atoms with van der Waals surface area (Å²) in [5.41, 5.74) is 1.34. The van der Waals surface area contributed by atoms with Crippen molar-refractivity contribution in [1.82, 2.24) is 4.98 Å². The number of rotatable bonds is 5. The minimum absolute atomic E-state index is 0.0489. The van der Waals surface area contributed by atoms with Crippen molar-refractivity contribution in [3.63, 3.8) is 0 Å². The molecule has 128 valence electrons. The number of halogens is 1. The van der Waals surface area contributed by atoms with Gasteiger partial charge in [-0.1, -0.05) is 0 Å². The first-order chi connectivity index (χ1) is 11.8. The Hall–Kier alpha value is -2.80. The molecule has 25 heavy (non-hydrogen) atoms. The molecule has 0 aliphatic carbocycles. The van der Waals surface area contributed by atoms with E-state index >= 15 is 0 Å². The van der Waals surface area contributed by atoms with Crippen molar-refractivity contribution in [3.05, 3.63) is 64.3 Å². The van der Waals surface area contributed by atoms with E-state index < -0.39 is 11.8 Å². The summed E-state index contributed by atoms with van der Waals surface area (Å²) in [6.45, 7) is 3.01. The maximum atomic E-state index is 12.1. The number of ketones is 1. The van der Waals surface area contributed by atoms with Crippen LogP contribution in [0.3, 0.4) is 0 Å². The Kier molecular flexibility index (Phi) is 6.19. The highest BCUT2D eigenvalue weighted by molar-refractivity contribution is 9.10. The number of Topliss-reactive ketones (excluding diaryl/α,β-unsaturated/α-hetero) is 1. The van der Waals surface area contributed by atoms with Gasteiger partial charge in [-0.15, -0.1) is 0 Å². The standard InChI is InChI=1S/C18H16BrN3O3/c1-11(9-17(24)22-16-8-5-14(19)10-20-16)18(25)21-15-6-3-13(4-7-15)12(2)23/h3-10H,1-2H3,(H,21,25)(H,20,22,24)/b11-9-. The maximum Gasteiger partial charge on any atom is 0.251 e. The molecule has 2 amide bonds. The Morgan fingerprint density at radius 3 is 2.24 bits per heavy atom. The summed E-state index contributed by atoms with van der Waals surface area (Å²) in [6.07, 6.45) is 2.76. The molecule has 0 aliphatic rings. The zero-order valence-corrected chi connectivity index (χ0v) is 15.3. The minimum Gasteiger partial charge on any atom is -0.322 e. The number of amides is 2. The van der Waals surface area contributed by atoms with E-state index in [1.54, 1.807) is 42.6 Å². The van der Waals surface area contributed by atoms with Crippen LogP contribution < -0.4 is 10.6 Å². The Bertz CT molecular complexity index is 828. The number of hydrogen-bond donors (Lipinski definition) is 2. The van der Waals surface area contributed by atoms with Crippen molar-refractivity contribution in [2.45, 2.75) is 13.8 Å². The Labute approximate surface area is 153 Å². The number of carbonyl (C=O) groups excluding carboxylic acids is 3. The molecule has 2 aromatic rings. The topological polar surface area (TPSA) is 88.2 Å². The quantitative estimate of drug-likeness (QED) is 0.591. The largest absolute Gasteiger partial charge is 0.322 e. The van der Waals surface area contributed by atoms with Gasteiger partial charge in [0.25, 0.3) is 5.91 Å². The van der Waals surface area contributed by atoms with Crippen LogP contribution in [0.15, 0.2) is 58.7 Å². The van der Waals surface area contributed by atoms with Crippen LogP contribution in [0.4, 0.5) is 11.5 Å². The smallest absolute Gasteiger partial charge is 0.251 e. The van der Waals surface area contributed by atoms with Crippen molar-refractivity contribution in [2.24, 2.45) is 0 Å². The molecule has 0 radical (unpaired) electrons. The molecule has 0 fully saturated rings. The van der Waals surface area contributed by atoms with Gasteiger partial charge in [0, 0.05) is 33.6 Å². The second-order valence-electron chi connectivity index (χ2n) is 5.27. The summed E-state index contributed by atoms with van der Waals surface area (Å²) in [5.74, 6) is -0.520. The molecule has 0 atom stereocenters. The van der Waals surface area contributed by atoms with E-state index in [2.05, 4.69) is 31.5 Å². The van der Waals surface area contributed by atoms with Gasteiger partial charge in [-0.25, -0.2) is 4.98 Å². The lowest BCUT2D eigenvalue weighted by atomic mass is 10.1. The Morgan fingerprint density at radius 2 is 1.68 bits per heavy atom. The van der Waals surface area contributed by atoms with Gasteiger partial charge in [0.15, 0.2) is 5.78 Å². The molecule has 0 saturated carbocycles. The van der Waals surface area contributed by atoms with Gasteiger partial charge < -0.3 is 10.6 Å². The van der Waals surface area contributed by atoms with Crippen LogP contribution in [-0.4, -0.2) is 22.6 Å². The summed E-state index contributed by atoms with van der Waals surface area (Å²) in [7, 11) is 0. The number of nitrogens with one attached hydrogen (secondary N) is 2. The van der Waals surface area contributed by atoms with Crippen LogP contribution in [0.2, 0.25) is 0 Å². The van der Waals surface area contributed by atoms with Crippen molar-refractivity contribution in [2.75, 3.05) is 10.6 Å². The number of carbonyl (C=O) groups is 3. The number of pyridine rings is 1. The maximum absolute atomic E-state index is 12.1. The van der Waals surface area contributed by atoms with E-state index in [4.69, 9.17) is 0 Å². The Balaban J connectivity index is 1.97. The first kappa shape index (κ1) is 18.5. The molecule has 1 aromatic carbocycles. The van der Waals surface area contributed by atoms with Gasteiger partial charge in [0.2, 0.25) is 5.91 Å². The van der Waals surface area contributed by atoms with E-state index in [-0.39, 0.29) is 11.4 Å². The normalized spacial score (nSPS) is 10.9. The summed E-state index contributed by atoms with van der Waals surface area (Å²) in [5, 5.41) is 5.24. The van der Waals surface area contributed by atoms with Crippen molar-refractivity contribution in [1.29, 1.82) is 0 Å². The molecule has 2 rings (SSSR count). The van der Waals surface area contributed by atoms with E-state index in [1.807, 2.05) is 0 Å². The third-order valence-electron chi connectivity index (χ3n) is 3.23. The first-order valence-corrected chi connectivity index (χ1v) is 8.17. The van der Waals surface area contributed by atoms with Crippen molar-refractivity contribution in [3.8, 4) is 0 Å². The lowest BCUT2D eigenvalue weighted by Crippen LogP contribution is -2.16. The molecule has 0 saturated heterocycles. The number of aromatic nitrogens is 1. The van der Waals surface area contributed by atoms with E-state index in [0.717, 1.165) is 4.47 Å². The van der Waals surface area contributed by atoms with Gasteiger partial charge in [-0.05, 0) is 66.2 Å². The lowest BCUT2D eigenvalue weighted by Gasteiger charge is -2.06. The van der Waals surface area contributed by atoms with Crippen LogP contribution in [0.5, 0.6) is 0 Å². The molecule has 7 heteroatoms. The minimum atomic E-state index is -0.450. The second-order valence-corrected chi connectivity index (χ2v) is 6.18. The zero-order chi connectivity index (χ0) is 18.4. The third-order valence-corrected chi connectivity index (χ3v) is 3.70. The van der Waals surface area contributed by atoms with Gasteiger partial charge in [0.1, 0.15) is 5.82 Å². The van der Waals surface area contributed by atoms with Gasteiger partial charge in [-0.3, -0.25) is 14.4 Å². The van der Waals surface area contributed by atoms with Gasteiger partial charge in [0.05, 0.1) is 0 Å². The number of nitrogens with zero attached hydrogens (tertiary/aromatic N) is 1. The molecule has 6 nitrogen and oxygen atoms in total. The van der Waals surface area contributed by atoms with Crippen molar-refractivity contribution >= 4 is 45.0 Å². The molecule has 1 heterocycles. The monoisotopic (exact) mass is 401 g/mol. The number of anilines is 2. The van der Waals surface area contributed by atoms with Crippen LogP contribution in [-0.2, 0) is 9.59 Å². The average Bonchev–Trinajstić information content (AvgIpc) is 2.57. The fraction of sp³-hybridized carbons (Fsp3) is 0.111. The van der Waals surface area contributed by atoms with E-state index in [0.29, 0.717) is 17.1 Å². The van der Waals surface area contributed by atoms with Crippen LogP contribution in [0, 0.1) is 0 Å². The van der Waals surface area contributed by atoms with E-state index in [1.165, 1.54) is 19.9 Å². The molecule has 0 bridgehead atoms. The summed E-state index contributed by atoms with van der Waals surface area (Å²) in [6, 6.07) is 9.91. The Morgan fingerprint density at radius 1 is 1.00 bits per heavy atom. The van der Waals surface area contributed by atoms with Crippen LogP contribution >= 0.6 is 15.9 Å². The molecule has 2 N–H and O–H groups in total. The predicted molar refractivity (Wildman–Crippen MR) is 99.4 cm³/mol. The van der Waals surface area contributed by atoms with Gasteiger partial charge in [-0.2, -0.15) is 0 Å². The van der Waals surface area contributed by atoms with E-state index in [9.17, 15) is 14.4 Å². The highest BCUT2D eigenvalue weighted by Gasteiger charge is 2.08. The molecular weight excluding hydrogens is 386 g/mol. The number of hydrogen-bond acceptors (Lipinski definition) is 4. The molecule has 0 unspecified atom stereocenters. The lowest BCUT2D eigenvalue weighted by molar-refractivity contribution is -0.114. The second kappa shape index (κ2) is 8.34. The fourth-order valence-electron chi connectivity index (χ4n) is 1.89. The summed E-state index contributed by atoms with van der Waals surface area (Å²) >= 11 is 3.26. The molecule has 0 aliphatic heterocycles. The average molecular weight is 402 g/mol. The highest BCUT2D eigenvalue weighted by Crippen LogP contribution is 2.12. The molecular formula is C18H16BrN3O3. The van der Waals surface area contributed by atoms with Crippen molar-refractivity contribution < 1.29 is 14.4 Å². The first-order valence-electron chi connectivity index (χ1n) is 7.38. The predicted octanol–water partition coefficient (Wildman–Crippen LogP) is 3.57. The number of benzene rings is 1. The zero-order valence-electron chi connectivity index (χ0n) is 13.7. The third kappa shape index (κ3) is 5.65. The van der Waals surface area contributed by atoms with Crippen LogP contribution in [0.1, 0.15) is 24.2 Å². The SMILES string of the molecule is CC(=O)c1ccc(NC(=O)/C(C)=C\C(=O)Nc2ccc(Br)cn2)cc1. The van der Waals surface area contributed by atoms with Crippen LogP contribution in [0.25, 0.3) is 0 Å². The fourth-order valence-corrected chi connectivity index (χ4v) is 2.13. The summed E-state index contributed by atoms with van der Waals surface area (Å²) in [4.78, 5) is 39.3. The molecule has 0 spiro atoms. The highest BCUT2D eigenvalue weighted by atomic mass is 79.9.